The van der Waals surface area contributed by atoms with Crippen molar-refractivity contribution in [3.63, 3.8) is 0 Å². The summed E-state index contributed by atoms with van der Waals surface area (Å²) >= 11 is 0. The fraction of sp³-hybridized carbons (Fsp3) is 0.111. The Morgan fingerprint density at radius 3 is 3.00 bits per heavy atom. The van der Waals surface area contributed by atoms with Gasteiger partial charge in [0.05, 0.1) is 0 Å². The maximum atomic E-state index is 5.28. The van der Waals surface area contributed by atoms with E-state index in [2.05, 4.69) is 12.3 Å². The van der Waals surface area contributed by atoms with Crippen molar-refractivity contribution in [2.75, 3.05) is 6.61 Å². The topological polar surface area (TPSA) is 36.9 Å². The molecular formula is C9H12NO+. The zero-order valence-corrected chi connectivity index (χ0v) is 6.42. The van der Waals surface area contributed by atoms with Gasteiger partial charge in [0.1, 0.15) is 18.0 Å². The van der Waals surface area contributed by atoms with Crippen LogP contribution in [0.1, 0.15) is 0 Å². The van der Waals surface area contributed by atoms with Crippen molar-refractivity contribution in [2.45, 2.75) is 0 Å². The van der Waals surface area contributed by atoms with Crippen LogP contribution in [0, 0.1) is 0 Å². The molecule has 1 rings (SSSR count). The minimum absolute atomic E-state index is 0.545. The normalized spacial score (nSPS) is 9.18. The molecule has 0 unspecified atom stereocenters. The summed E-state index contributed by atoms with van der Waals surface area (Å²) in [5, 5.41) is 0. The molecule has 1 aromatic rings. The van der Waals surface area contributed by atoms with Gasteiger partial charge in [0.15, 0.2) is 0 Å². The van der Waals surface area contributed by atoms with E-state index in [1.165, 1.54) is 0 Å². The molecule has 0 spiro atoms. The van der Waals surface area contributed by atoms with Crippen molar-refractivity contribution in [1.82, 2.24) is 0 Å². The highest BCUT2D eigenvalue weighted by Gasteiger charge is 1.92. The average Bonchev–Trinajstić information content (AvgIpc) is 2.01. The van der Waals surface area contributed by atoms with Crippen LogP contribution in [0.2, 0.25) is 0 Å². The van der Waals surface area contributed by atoms with E-state index < -0.39 is 0 Å². The molecule has 0 saturated heterocycles. The highest BCUT2D eigenvalue weighted by Crippen LogP contribution is 2.12. The van der Waals surface area contributed by atoms with Gasteiger partial charge in [-0.15, -0.1) is 0 Å². The number of rotatable bonds is 3. The van der Waals surface area contributed by atoms with Crippen LogP contribution in [-0.4, -0.2) is 6.61 Å². The third kappa shape index (κ3) is 2.43. The summed E-state index contributed by atoms with van der Waals surface area (Å²) < 4.78 is 5.28. The Balaban J connectivity index is 2.63. The predicted molar refractivity (Wildman–Crippen MR) is 44.7 cm³/mol. The van der Waals surface area contributed by atoms with Gasteiger partial charge in [-0.1, -0.05) is 18.7 Å². The zero-order valence-electron chi connectivity index (χ0n) is 6.42. The summed E-state index contributed by atoms with van der Waals surface area (Å²) in [7, 11) is 0. The standard InChI is InChI=1S/C9H11NO/c1-2-6-11-9-5-3-4-8(10)7-9/h2-5,7H,1,6,10H2/p+1. The van der Waals surface area contributed by atoms with Gasteiger partial charge in [-0.3, -0.25) is 0 Å². The molecule has 3 N–H and O–H groups in total. The number of hydrogen-bond acceptors (Lipinski definition) is 1. The van der Waals surface area contributed by atoms with Gasteiger partial charge in [-0.05, 0) is 12.1 Å². The van der Waals surface area contributed by atoms with Gasteiger partial charge in [0.2, 0.25) is 0 Å². The van der Waals surface area contributed by atoms with Crippen molar-refractivity contribution in [1.29, 1.82) is 0 Å². The number of quaternary nitrogens is 1. The largest absolute Gasteiger partial charge is 0.489 e. The minimum atomic E-state index is 0.545. The Kier molecular flexibility index (Phi) is 2.69. The first-order valence-electron chi connectivity index (χ1n) is 3.48. The summed E-state index contributed by atoms with van der Waals surface area (Å²) in [6.07, 6.45) is 1.72. The molecule has 0 aliphatic rings. The molecular weight excluding hydrogens is 138 g/mol. The van der Waals surface area contributed by atoms with Crippen LogP contribution < -0.4 is 10.5 Å². The fourth-order valence-electron chi connectivity index (χ4n) is 0.790. The van der Waals surface area contributed by atoms with Crippen molar-refractivity contribution in [2.24, 2.45) is 0 Å². The number of hydrogen-bond donors (Lipinski definition) is 1. The van der Waals surface area contributed by atoms with Gasteiger partial charge in [-0.25, -0.2) is 0 Å². The summed E-state index contributed by atoms with van der Waals surface area (Å²) in [5.41, 5.74) is 4.75. The predicted octanol–water partition coefficient (Wildman–Crippen LogP) is 1.12. The highest BCUT2D eigenvalue weighted by molar-refractivity contribution is 5.36. The number of ether oxygens (including phenoxy) is 1. The third-order valence-electron chi connectivity index (χ3n) is 1.27. The maximum absolute atomic E-state index is 5.28. The molecule has 0 aliphatic heterocycles. The molecule has 0 radical (unpaired) electrons. The van der Waals surface area contributed by atoms with E-state index in [0.29, 0.717) is 6.61 Å². The molecule has 0 aliphatic carbocycles. The summed E-state index contributed by atoms with van der Waals surface area (Å²) in [6, 6.07) is 7.64. The first-order valence-corrected chi connectivity index (χ1v) is 3.48. The molecule has 0 heterocycles. The lowest BCUT2D eigenvalue weighted by Gasteiger charge is -2.00. The monoisotopic (exact) mass is 150 g/mol. The molecule has 0 aromatic heterocycles. The van der Waals surface area contributed by atoms with Crippen LogP contribution in [0.5, 0.6) is 5.75 Å². The van der Waals surface area contributed by atoms with Gasteiger partial charge >= 0.3 is 0 Å². The second kappa shape index (κ2) is 3.78. The maximum Gasteiger partial charge on any atom is 0.131 e. The Morgan fingerprint density at radius 2 is 2.36 bits per heavy atom. The van der Waals surface area contributed by atoms with Crippen LogP contribution in [-0.2, 0) is 0 Å². The number of benzene rings is 1. The molecule has 2 nitrogen and oxygen atoms in total. The average molecular weight is 150 g/mol. The highest BCUT2D eigenvalue weighted by atomic mass is 16.5. The van der Waals surface area contributed by atoms with E-state index in [0.717, 1.165) is 11.4 Å². The smallest absolute Gasteiger partial charge is 0.131 e. The molecule has 11 heavy (non-hydrogen) atoms. The minimum Gasteiger partial charge on any atom is -0.489 e. The van der Waals surface area contributed by atoms with Crippen LogP contribution in [0.25, 0.3) is 0 Å². The summed E-state index contributed by atoms with van der Waals surface area (Å²) in [5.74, 6) is 0.845. The van der Waals surface area contributed by atoms with Crippen molar-refractivity contribution in [3.05, 3.63) is 36.9 Å². The lowest BCUT2D eigenvalue weighted by atomic mass is 10.3. The van der Waals surface area contributed by atoms with Crippen LogP contribution in [0.3, 0.4) is 0 Å². The Labute approximate surface area is 66.3 Å². The third-order valence-corrected chi connectivity index (χ3v) is 1.27. The van der Waals surface area contributed by atoms with Gasteiger partial charge in [0.25, 0.3) is 0 Å². The summed E-state index contributed by atoms with van der Waals surface area (Å²) in [6.45, 7) is 4.10. The van der Waals surface area contributed by atoms with E-state index in [-0.39, 0.29) is 0 Å². The SMILES string of the molecule is C=CCOc1cccc([NH3+])c1. The van der Waals surface area contributed by atoms with Crippen LogP contribution in [0.4, 0.5) is 5.69 Å². The van der Waals surface area contributed by atoms with Crippen molar-refractivity contribution >= 4 is 5.69 Å². The quantitative estimate of drug-likeness (QED) is 0.644. The second-order valence-corrected chi connectivity index (χ2v) is 2.25. The molecule has 0 fully saturated rings. The van der Waals surface area contributed by atoms with Crippen molar-refractivity contribution in [3.8, 4) is 5.75 Å². The van der Waals surface area contributed by atoms with E-state index in [9.17, 15) is 0 Å². The lowest BCUT2D eigenvalue weighted by molar-refractivity contribution is -0.254. The van der Waals surface area contributed by atoms with Crippen LogP contribution in [0.15, 0.2) is 36.9 Å². The fourth-order valence-corrected chi connectivity index (χ4v) is 0.790. The van der Waals surface area contributed by atoms with E-state index in [4.69, 9.17) is 4.74 Å². The first-order chi connectivity index (χ1) is 5.33. The zero-order chi connectivity index (χ0) is 8.10. The lowest BCUT2D eigenvalue weighted by Crippen LogP contribution is -2.39. The second-order valence-electron chi connectivity index (χ2n) is 2.25. The molecule has 0 atom stereocenters. The Hall–Kier alpha value is -1.28. The van der Waals surface area contributed by atoms with Gasteiger partial charge < -0.3 is 10.5 Å². The molecule has 2 heteroatoms. The van der Waals surface area contributed by atoms with Gasteiger partial charge in [0, 0.05) is 6.07 Å². The molecule has 1 aromatic carbocycles. The molecule has 0 amide bonds. The first kappa shape index (κ1) is 7.82. The Bertz CT molecular complexity index is 245. The Morgan fingerprint density at radius 1 is 1.55 bits per heavy atom. The summed E-state index contributed by atoms with van der Waals surface area (Å²) in [4.78, 5) is 0. The molecule has 0 bridgehead atoms. The molecule has 58 valence electrons. The van der Waals surface area contributed by atoms with Crippen molar-refractivity contribution < 1.29 is 10.5 Å². The van der Waals surface area contributed by atoms with Crippen LogP contribution >= 0.6 is 0 Å². The molecule has 0 saturated carbocycles. The van der Waals surface area contributed by atoms with E-state index in [1.807, 2.05) is 24.3 Å². The van der Waals surface area contributed by atoms with E-state index in [1.54, 1.807) is 6.08 Å². The van der Waals surface area contributed by atoms with E-state index >= 15 is 0 Å². The van der Waals surface area contributed by atoms with Gasteiger partial charge in [-0.2, -0.15) is 0 Å².